The Labute approximate surface area is 126 Å². The third kappa shape index (κ3) is 4.15. The van der Waals surface area contributed by atoms with E-state index in [-0.39, 0.29) is 0 Å². The van der Waals surface area contributed by atoms with E-state index in [1.165, 1.54) is 0 Å². The minimum absolute atomic E-state index is 0.313. The highest BCUT2D eigenvalue weighted by atomic mass is 79.9. The van der Waals surface area contributed by atoms with Gasteiger partial charge in [-0.1, -0.05) is 12.1 Å². The van der Waals surface area contributed by atoms with Crippen LogP contribution in [0.25, 0.3) is 0 Å². The van der Waals surface area contributed by atoms with Crippen molar-refractivity contribution in [2.24, 2.45) is 0 Å². The molecule has 0 aliphatic heterocycles. The van der Waals surface area contributed by atoms with Crippen LogP contribution < -0.4 is 0 Å². The molecule has 0 bridgehead atoms. The number of hydrogen-bond acceptors (Lipinski definition) is 3. The minimum atomic E-state index is -0.898. The van der Waals surface area contributed by atoms with Crippen molar-refractivity contribution in [3.63, 3.8) is 0 Å². The van der Waals surface area contributed by atoms with Crippen molar-refractivity contribution < 1.29 is 9.90 Å². The summed E-state index contributed by atoms with van der Waals surface area (Å²) in [6.07, 6.45) is 3.60. The smallest absolute Gasteiger partial charge is 0.335 e. The minimum Gasteiger partial charge on any atom is -0.478 e. The number of rotatable bonds is 5. The molecule has 20 heavy (non-hydrogen) atoms. The molecule has 0 aliphatic rings. The van der Waals surface area contributed by atoms with Crippen molar-refractivity contribution in [2.45, 2.75) is 13.1 Å². The second-order valence-corrected chi connectivity index (χ2v) is 5.60. The first-order valence-electron chi connectivity index (χ1n) is 6.15. The van der Waals surface area contributed by atoms with Crippen LogP contribution in [0.4, 0.5) is 0 Å². The van der Waals surface area contributed by atoms with Gasteiger partial charge < -0.3 is 5.11 Å². The van der Waals surface area contributed by atoms with E-state index in [1.807, 2.05) is 31.4 Å². The van der Waals surface area contributed by atoms with Crippen molar-refractivity contribution in [1.29, 1.82) is 0 Å². The van der Waals surface area contributed by atoms with Gasteiger partial charge in [-0.15, -0.1) is 0 Å². The van der Waals surface area contributed by atoms with E-state index in [2.05, 4.69) is 25.8 Å². The molecule has 1 N–H and O–H groups in total. The maximum absolute atomic E-state index is 10.8. The Morgan fingerprint density at radius 2 is 1.85 bits per heavy atom. The zero-order valence-electron chi connectivity index (χ0n) is 11.1. The monoisotopic (exact) mass is 334 g/mol. The number of aromatic nitrogens is 1. The lowest BCUT2D eigenvalue weighted by atomic mass is 10.1. The topological polar surface area (TPSA) is 53.4 Å². The van der Waals surface area contributed by atoms with Crippen LogP contribution in [0.3, 0.4) is 0 Å². The predicted octanol–water partition coefficient (Wildman–Crippen LogP) is 3.17. The van der Waals surface area contributed by atoms with Gasteiger partial charge in [0.25, 0.3) is 0 Å². The maximum Gasteiger partial charge on any atom is 0.335 e. The van der Waals surface area contributed by atoms with E-state index in [9.17, 15) is 4.79 Å². The number of nitrogens with zero attached hydrogens (tertiary/aromatic N) is 2. The summed E-state index contributed by atoms with van der Waals surface area (Å²) >= 11 is 3.40. The van der Waals surface area contributed by atoms with Gasteiger partial charge >= 0.3 is 5.97 Å². The van der Waals surface area contributed by atoms with Crippen LogP contribution in [0.2, 0.25) is 0 Å². The fraction of sp³-hybridized carbons (Fsp3) is 0.200. The first kappa shape index (κ1) is 14.7. The molecular weight excluding hydrogens is 320 g/mol. The van der Waals surface area contributed by atoms with Crippen molar-refractivity contribution >= 4 is 21.9 Å². The van der Waals surface area contributed by atoms with E-state index in [1.54, 1.807) is 18.3 Å². The summed E-state index contributed by atoms with van der Waals surface area (Å²) in [6.45, 7) is 1.54. The number of hydrogen-bond donors (Lipinski definition) is 1. The van der Waals surface area contributed by atoms with Gasteiger partial charge in [0.1, 0.15) is 0 Å². The predicted molar refractivity (Wildman–Crippen MR) is 80.5 cm³/mol. The summed E-state index contributed by atoms with van der Waals surface area (Å²) in [7, 11) is 2.02. The molecule has 0 amide bonds. The Hall–Kier alpha value is -1.72. The van der Waals surface area contributed by atoms with E-state index in [0.717, 1.165) is 28.7 Å². The highest BCUT2D eigenvalue weighted by molar-refractivity contribution is 9.10. The Kier molecular flexibility index (Phi) is 4.87. The number of carboxylic acids is 1. The molecule has 5 heteroatoms. The lowest BCUT2D eigenvalue weighted by Gasteiger charge is -2.16. The van der Waals surface area contributed by atoms with E-state index in [0.29, 0.717) is 5.56 Å². The van der Waals surface area contributed by atoms with Gasteiger partial charge in [0, 0.05) is 30.0 Å². The normalized spacial score (nSPS) is 10.8. The van der Waals surface area contributed by atoms with Gasteiger partial charge in [-0.25, -0.2) is 4.79 Å². The molecule has 0 aliphatic carbocycles. The molecule has 0 unspecified atom stereocenters. The summed E-state index contributed by atoms with van der Waals surface area (Å²) in [5.74, 6) is -0.898. The number of carbonyl (C=O) groups is 1. The maximum atomic E-state index is 10.8. The molecular formula is C15H15BrN2O2. The van der Waals surface area contributed by atoms with E-state index < -0.39 is 5.97 Å². The average Bonchev–Trinajstić information content (AvgIpc) is 2.39. The number of aromatic carboxylic acids is 1. The third-order valence-electron chi connectivity index (χ3n) is 2.87. The first-order chi connectivity index (χ1) is 9.54. The van der Waals surface area contributed by atoms with Crippen molar-refractivity contribution in [3.8, 4) is 0 Å². The lowest BCUT2D eigenvalue weighted by Crippen LogP contribution is -2.17. The van der Waals surface area contributed by atoms with Crippen molar-refractivity contribution in [3.05, 3.63) is 63.9 Å². The molecule has 4 nitrogen and oxygen atoms in total. The molecule has 0 atom stereocenters. The van der Waals surface area contributed by atoms with Crippen LogP contribution in [0, 0.1) is 0 Å². The molecule has 1 heterocycles. The lowest BCUT2D eigenvalue weighted by molar-refractivity contribution is 0.0697. The fourth-order valence-electron chi connectivity index (χ4n) is 1.97. The van der Waals surface area contributed by atoms with Crippen LogP contribution in [-0.4, -0.2) is 28.0 Å². The van der Waals surface area contributed by atoms with Crippen LogP contribution >= 0.6 is 15.9 Å². The summed E-state index contributed by atoms with van der Waals surface area (Å²) in [5.41, 5.74) is 2.53. The summed E-state index contributed by atoms with van der Waals surface area (Å²) in [6, 6.07) is 8.99. The number of pyridine rings is 1. The Morgan fingerprint density at radius 3 is 2.45 bits per heavy atom. The molecule has 0 fully saturated rings. The number of halogens is 1. The largest absolute Gasteiger partial charge is 0.478 e. The standard InChI is InChI=1S/C15H15BrN2O2/c1-18(10-12-6-14(16)8-17-7-12)9-11-2-4-13(5-3-11)15(19)20/h2-8H,9-10H2,1H3,(H,19,20). The Bertz CT molecular complexity index is 599. The quantitative estimate of drug-likeness (QED) is 0.912. The van der Waals surface area contributed by atoms with Crippen LogP contribution in [-0.2, 0) is 13.1 Å². The highest BCUT2D eigenvalue weighted by Crippen LogP contribution is 2.13. The first-order valence-corrected chi connectivity index (χ1v) is 6.94. The van der Waals surface area contributed by atoms with Crippen molar-refractivity contribution in [1.82, 2.24) is 9.88 Å². The Balaban J connectivity index is 1.97. The summed E-state index contributed by atoms with van der Waals surface area (Å²) < 4.78 is 0.967. The summed E-state index contributed by atoms with van der Waals surface area (Å²) in [5, 5.41) is 8.86. The molecule has 2 rings (SSSR count). The second-order valence-electron chi connectivity index (χ2n) is 4.69. The van der Waals surface area contributed by atoms with Crippen LogP contribution in [0.5, 0.6) is 0 Å². The Morgan fingerprint density at radius 1 is 1.20 bits per heavy atom. The third-order valence-corrected chi connectivity index (χ3v) is 3.30. The zero-order chi connectivity index (χ0) is 14.5. The van der Waals surface area contributed by atoms with E-state index in [4.69, 9.17) is 5.11 Å². The SMILES string of the molecule is CN(Cc1ccc(C(=O)O)cc1)Cc1cncc(Br)c1. The highest BCUT2D eigenvalue weighted by Gasteiger charge is 2.05. The van der Waals surface area contributed by atoms with Gasteiger partial charge in [-0.2, -0.15) is 0 Å². The fourth-order valence-corrected chi connectivity index (χ4v) is 2.39. The van der Waals surface area contributed by atoms with Gasteiger partial charge in [-0.05, 0) is 52.3 Å². The van der Waals surface area contributed by atoms with Gasteiger partial charge in [0.2, 0.25) is 0 Å². The van der Waals surface area contributed by atoms with E-state index >= 15 is 0 Å². The van der Waals surface area contributed by atoms with Gasteiger partial charge in [-0.3, -0.25) is 9.88 Å². The number of benzene rings is 1. The molecule has 0 saturated carbocycles. The molecule has 0 saturated heterocycles. The molecule has 1 aromatic carbocycles. The average molecular weight is 335 g/mol. The van der Waals surface area contributed by atoms with Gasteiger partial charge in [0.05, 0.1) is 5.56 Å². The molecule has 2 aromatic rings. The summed E-state index contributed by atoms with van der Waals surface area (Å²) in [4.78, 5) is 17.1. The molecule has 1 aromatic heterocycles. The molecule has 0 radical (unpaired) electrons. The van der Waals surface area contributed by atoms with Gasteiger partial charge in [0.15, 0.2) is 0 Å². The van der Waals surface area contributed by atoms with Crippen molar-refractivity contribution in [2.75, 3.05) is 7.05 Å². The number of carboxylic acid groups (broad SMARTS) is 1. The second kappa shape index (κ2) is 6.63. The molecule has 0 spiro atoms. The van der Waals surface area contributed by atoms with Crippen LogP contribution in [0.15, 0.2) is 47.2 Å². The molecule has 104 valence electrons. The van der Waals surface area contributed by atoms with Crippen LogP contribution in [0.1, 0.15) is 21.5 Å². The zero-order valence-corrected chi connectivity index (χ0v) is 12.7.